The third kappa shape index (κ3) is 10.4. The van der Waals surface area contributed by atoms with E-state index in [-0.39, 0.29) is 47.8 Å². The van der Waals surface area contributed by atoms with E-state index in [0.29, 0.717) is 38.4 Å². The monoisotopic (exact) mass is 793 g/mol. The lowest BCUT2D eigenvalue weighted by Gasteiger charge is -2.43. The molecule has 1 aromatic heterocycles. The summed E-state index contributed by atoms with van der Waals surface area (Å²) in [4.78, 5) is 40.1. The topological polar surface area (TPSA) is 135 Å². The first-order valence-corrected chi connectivity index (χ1v) is 22.3. The molecular weight excluding hydrogens is 737 g/mol. The summed E-state index contributed by atoms with van der Waals surface area (Å²) in [5.41, 5.74) is 10.1. The number of benzene rings is 2. The summed E-state index contributed by atoms with van der Waals surface area (Å²) in [6.07, 6.45) is 1.52. The summed E-state index contributed by atoms with van der Waals surface area (Å²) in [7, 11) is -2.46. The number of imidazole rings is 1. The lowest BCUT2D eigenvalue weighted by molar-refractivity contribution is -0.144. The molecule has 0 aliphatic carbocycles. The number of likely N-dealkylation sites (tertiary alicyclic amines) is 1. The van der Waals surface area contributed by atoms with E-state index in [1.54, 1.807) is 38.8 Å². The molecule has 2 amide bonds. The van der Waals surface area contributed by atoms with E-state index in [1.165, 1.54) is 4.90 Å². The number of carbonyl (C=O) groups excluding carboxylic acids is 2. The molecule has 3 heterocycles. The SMILES string of the molecule is C[C@H](O[Si](C)(C)C(C)(C)C)C(=O)N(CC1CN(C(=O)OC(C)(C)C)CC1N=[N+]=[N-])C(c1nc(-c2cc(F)ccc2F)cn1Cc1ccccc1)C1CCOCC1. The first-order chi connectivity index (χ1) is 26.3. The maximum absolute atomic E-state index is 15.4. The molecule has 2 aromatic carbocycles. The van der Waals surface area contributed by atoms with Crippen molar-refractivity contribution in [2.45, 2.75) is 110 Å². The number of hydrogen-bond acceptors (Lipinski definition) is 7. The van der Waals surface area contributed by atoms with Gasteiger partial charge < -0.3 is 28.3 Å². The van der Waals surface area contributed by atoms with Crippen molar-refractivity contribution in [3.05, 3.63) is 88.2 Å². The zero-order valence-electron chi connectivity index (χ0n) is 34.2. The van der Waals surface area contributed by atoms with Crippen molar-refractivity contribution in [1.82, 2.24) is 19.4 Å². The van der Waals surface area contributed by atoms with Crippen LogP contribution in [0.5, 0.6) is 0 Å². The third-order valence-corrected chi connectivity index (χ3v) is 15.7. The van der Waals surface area contributed by atoms with E-state index >= 15 is 9.18 Å². The van der Waals surface area contributed by atoms with E-state index < -0.39 is 55.8 Å². The lowest BCUT2D eigenvalue weighted by atomic mass is 9.88. The van der Waals surface area contributed by atoms with E-state index in [4.69, 9.17) is 18.9 Å². The number of halogens is 2. The molecule has 2 aliphatic heterocycles. The zero-order chi connectivity index (χ0) is 41.0. The number of rotatable bonds is 12. The highest BCUT2D eigenvalue weighted by Gasteiger charge is 2.46. The predicted molar refractivity (Wildman–Crippen MR) is 213 cm³/mol. The molecule has 0 saturated carbocycles. The average molecular weight is 794 g/mol. The van der Waals surface area contributed by atoms with Crippen LogP contribution >= 0.6 is 0 Å². The second kappa shape index (κ2) is 17.5. The maximum Gasteiger partial charge on any atom is 0.410 e. The second-order valence-electron chi connectivity index (χ2n) is 17.5. The van der Waals surface area contributed by atoms with Crippen LogP contribution in [0.3, 0.4) is 0 Å². The maximum atomic E-state index is 15.4. The molecule has 0 N–H and O–H groups in total. The van der Waals surface area contributed by atoms with Crippen LogP contribution in [0.4, 0.5) is 13.6 Å². The molecule has 3 aromatic rings. The van der Waals surface area contributed by atoms with Gasteiger partial charge in [0.05, 0.1) is 17.8 Å². The van der Waals surface area contributed by atoms with Gasteiger partial charge in [0, 0.05) is 62.0 Å². The normalized spacial score (nSPS) is 19.3. The summed E-state index contributed by atoms with van der Waals surface area (Å²) < 4.78 is 50.2. The summed E-state index contributed by atoms with van der Waals surface area (Å²) in [6, 6.07) is 11.7. The largest absolute Gasteiger partial charge is 0.444 e. The van der Waals surface area contributed by atoms with Crippen molar-refractivity contribution in [2.24, 2.45) is 17.0 Å². The molecule has 0 bridgehead atoms. The number of azide groups is 1. The van der Waals surface area contributed by atoms with Crippen LogP contribution in [0.15, 0.2) is 59.8 Å². The Morgan fingerprint density at radius 3 is 2.38 bits per heavy atom. The fourth-order valence-corrected chi connectivity index (χ4v) is 8.57. The van der Waals surface area contributed by atoms with Gasteiger partial charge in [-0.25, -0.2) is 18.6 Å². The standard InChI is InChI=1S/C41H57F2N7O5Si/c1-27(55-56(8,9)41(5,6)7)38(51)50(24-30-23-49(25-34(30)46-47-44)39(52)54-40(2,3)4)36(29-17-19-53-20-18-29)37-45-35(32-21-31(42)15-16-33(32)43)26-48(37)22-28-13-11-10-12-14-28/h10-16,21,26-27,29-30,34,36H,17-20,22-25H2,1-9H3/t27-,30?,34?,36?/m0/s1. The highest BCUT2D eigenvalue weighted by atomic mass is 28.4. The second-order valence-corrected chi connectivity index (χ2v) is 22.3. The molecule has 5 rings (SSSR count). The van der Waals surface area contributed by atoms with E-state index in [2.05, 4.69) is 43.9 Å². The van der Waals surface area contributed by atoms with Crippen LogP contribution in [-0.2, 0) is 25.2 Å². The van der Waals surface area contributed by atoms with Gasteiger partial charge in [-0.2, -0.15) is 0 Å². The number of carbonyl (C=O) groups is 2. The Morgan fingerprint density at radius 1 is 1.07 bits per heavy atom. The fraction of sp³-hybridized carbons (Fsp3) is 0.585. The van der Waals surface area contributed by atoms with Gasteiger partial charge in [-0.05, 0) is 93.9 Å². The predicted octanol–water partition coefficient (Wildman–Crippen LogP) is 9.13. The summed E-state index contributed by atoms with van der Waals surface area (Å²) in [5.74, 6) is -1.64. The van der Waals surface area contributed by atoms with Crippen LogP contribution in [0, 0.1) is 23.5 Å². The Bertz CT molecular complexity index is 1880. The number of hydrogen-bond donors (Lipinski definition) is 0. The Hall–Kier alpha value is -4.30. The first kappa shape index (κ1) is 42.8. The number of aromatic nitrogens is 2. The van der Waals surface area contributed by atoms with Crippen molar-refractivity contribution < 1.29 is 32.3 Å². The van der Waals surface area contributed by atoms with E-state index in [1.807, 2.05) is 34.9 Å². The van der Waals surface area contributed by atoms with Gasteiger partial charge in [-0.3, -0.25) is 4.79 Å². The van der Waals surface area contributed by atoms with Crippen LogP contribution in [0.2, 0.25) is 18.1 Å². The molecule has 0 radical (unpaired) electrons. The van der Waals surface area contributed by atoms with Gasteiger partial charge in [0.2, 0.25) is 0 Å². The van der Waals surface area contributed by atoms with E-state index in [0.717, 1.165) is 23.8 Å². The lowest BCUT2D eigenvalue weighted by Crippen LogP contribution is -2.52. The zero-order valence-corrected chi connectivity index (χ0v) is 35.2. The van der Waals surface area contributed by atoms with Crippen molar-refractivity contribution in [3.8, 4) is 11.3 Å². The first-order valence-electron chi connectivity index (χ1n) is 19.4. The van der Waals surface area contributed by atoms with Crippen LogP contribution < -0.4 is 0 Å². The fourth-order valence-electron chi connectivity index (χ4n) is 7.23. The van der Waals surface area contributed by atoms with Gasteiger partial charge in [0.15, 0.2) is 8.32 Å². The Morgan fingerprint density at radius 2 is 1.75 bits per heavy atom. The molecule has 4 atom stereocenters. The highest BCUT2D eigenvalue weighted by Crippen LogP contribution is 2.41. The summed E-state index contributed by atoms with van der Waals surface area (Å²) in [5, 5.41) is 3.93. The van der Waals surface area contributed by atoms with E-state index in [9.17, 15) is 14.7 Å². The molecule has 2 aliphatic rings. The van der Waals surface area contributed by atoms with Crippen molar-refractivity contribution in [3.63, 3.8) is 0 Å². The van der Waals surface area contributed by atoms with Gasteiger partial charge in [-0.1, -0.05) is 56.2 Å². The molecule has 56 heavy (non-hydrogen) atoms. The smallest absolute Gasteiger partial charge is 0.410 e. The minimum absolute atomic E-state index is 0.00325. The van der Waals surface area contributed by atoms with Crippen LogP contribution in [-0.4, -0.2) is 90.3 Å². The number of nitrogens with zero attached hydrogens (tertiary/aromatic N) is 7. The summed E-state index contributed by atoms with van der Waals surface area (Å²) in [6.45, 7) is 19.3. The Labute approximate surface area is 330 Å². The minimum Gasteiger partial charge on any atom is -0.444 e. The molecule has 2 fully saturated rings. The van der Waals surface area contributed by atoms with Gasteiger partial charge >= 0.3 is 6.09 Å². The highest BCUT2D eigenvalue weighted by molar-refractivity contribution is 6.74. The van der Waals surface area contributed by atoms with Gasteiger partial charge in [0.1, 0.15) is 29.2 Å². The van der Waals surface area contributed by atoms with Crippen molar-refractivity contribution >= 4 is 20.3 Å². The third-order valence-electron chi connectivity index (χ3n) is 11.1. The molecule has 3 unspecified atom stereocenters. The van der Waals surface area contributed by atoms with Gasteiger partial charge in [0.25, 0.3) is 5.91 Å². The van der Waals surface area contributed by atoms with Gasteiger partial charge in [-0.15, -0.1) is 0 Å². The van der Waals surface area contributed by atoms with Crippen molar-refractivity contribution in [1.29, 1.82) is 0 Å². The molecule has 304 valence electrons. The number of amides is 2. The Balaban J connectivity index is 1.68. The van der Waals surface area contributed by atoms with Crippen molar-refractivity contribution in [2.75, 3.05) is 32.8 Å². The molecule has 0 spiro atoms. The van der Waals surface area contributed by atoms with Crippen LogP contribution in [0.25, 0.3) is 21.7 Å². The molecule has 2 saturated heterocycles. The molecular formula is C41H57F2N7O5Si. The molecule has 15 heteroatoms. The quantitative estimate of drug-likeness (QED) is 0.0777. The molecule has 12 nitrogen and oxygen atoms in total. The summed E-state index contributed by atoms with van der Waals surface area (Å²) >= 11 is 0. The Kier molecular flexibility index (Phi) is 13.4. The number of ether oxygens (including phenoxy) is 2. The average Bonchev–Trinajstić information content (AvgIpc) is 3.72. The van der Waals surface area contributed by atoms with Crippen LogP contribution in [0.1, 0.15) is 78.7 Å². The minimum atomic E-state index is -2.46.